The third kappa shape index (κ3) is 5.04. The first-order valence-corrected chi connectivity index (χ1v) is 10.0. The number of amides is 1. The van der Waals surface area contributed by atoms with Crippen molar-refractivity contribution in [2.45, 2.75) is 24.9 Å². The van der Waals surface area contributed by atoms with E-state index in [9.17, 15) is 26.4 Å². The van der Waals surface area contributed by atoms with Gasteiger partial charge in [0, 0.05) is 19.3 Å². The van der Waals surface area contributed by atoms with Crippen molar-refractivity contribution < 1.29 is 31.1 Å². The van der Waals surface area contributed by atoms with Crippen LogP contribution >= 0.6 is 0 Å². The second-order valence-electron chi connectivity index (χ2n) is 5.84. The number of alkyl halides is 3. The Morgan fingerprint density at radius 1 is 1.17 bits per heavy atom. The summed E-state index contributed by atoms with van der Waals surface area (Å²) in [5, 5.41) is 2.43. The second kappa shape index (κ2) is 8.78. The van der Waals surface area contributed by atoms with Crippen LogP contribution in [0, 0.1) is 0 Å². The van der Waals surface area contributed by atoms with Gasteiger partial charge >= 0.3 is 6.18 Å². The molecule has 0 bridgehead atoms. The first-order valence-electron chi connectivity index (χ1n) is 8.57. The average molecular weight is 431 g/mol. The third-order valence-electron chi connectivity index (χ3n) is 4.09. The molecular formula is C18H20F3N3O4S. The molecule has 0 aliphatic heterocycles. The summed E-state index contributed by atoms with van der Waals surface area (Å²) in [5.41, 5.74) is -1.21. The van der Waals surface area contributed by atoms with Crippen molar-refractivity contribution in [1.29, 1.82) is 0 Å². The maximum Gasteiger partial charge on any atom is 0.417 e. The van der Waals surface area contributed by atoms with Crippen LogP contribution in [0.15, 0.2) is 41.4 Å². The fourth-order valence-corrected chi connectivity index (χ4v) is 4.02. The zero-order valence-electron chi connectivity index (χ0n) is 15.9. The molecule has 1 N–H and O–H groups in total. The summed E-state index contributed by atoms with van der Waals surface area (Å²) >= 11 is 0. The van der Waals surface area contributed by atoms with Crippen molar-refractivity contribution in [3.8, 4) is 5.75 Å². The number of methoxy groups -OCH3 is 1. The van der Waals surface area contributed by atoms with Crippen molar-refractivity contribution in [2.24, 2.45) is 0 Å². The maximum absolute atomic E-state index is 12.7. The number of pyridine rings is 1. The van der Waals surface area contributed by atoms with Gasteiger partial charge in [-0.1, -0.05) is 13.8 Å². The third-order valence-corrected chi connectivity index (χ3v) is 6.13. The normalized spacial score (nSPS) is 12.1. The predicted molar refractivity (Wildman–Crippen MR) is 100 cm³/mol. The molecule has 2 aromatic rings. The molecule has 0 spiro atoms. The largest absolute Gasteiger partial charge is 0.495 e. The van der Waals surface area contributed by atoms with Gasteiger partial charge in [-0.25, -0.2) is 8.42 Å². The number of benzene rings is 1. The minimum atomic E-state index is -4.57. The van der Waals surface area contributed by atoms with E-state index in [0.29, 0.717) is 6.20 Å². The van der Waals surface area contributed by atoms with E-state index in [4.69, 9.17) is 4.74 Å². The van der Waals surface area contributed by atoms with Gasteiger partial charge in [0.25, 0.3) is 5.91 Å². The van der Waals surface area contributed by atoms with Gasteiger partial charge in [0.2, 0.25) is 10.0 Å². The van der Waals surface area contributed by atoms with Gasteiger partial charge in [0.15, 0.2) is 0 Å². The number of aromatic nitrogens is 1. The highest BCUT2D eigenvalue weighted by Crippen LogP contribution is 2.30. The average Bonchev–Trinajstić information content (AvgIpc) is 2.68. The van der Waals surface area contributed by atoms with Crippen LogP contribution in [0.4, 0.5) is 18.9 Å². The molecule has 1 aromatic carbocycles. The summed E-state index contributed by atoms with van der Waals surface area (Å²) in [4.78, 5) is 15.8. The van der Waals surface area contributed by atoms with E-state index in [1.165, 1.54) is 29.6 Å². The lowest BCUT2D eigenvalue weighted by Gasteiger charge is -2.19. The molecule has 0 saturated heterocycles. The van der Waals surface area contributed by atoms with Crippen molar-refractivity contribution in [3.05, 3.63) is 47.8 Å². The number of nitrogens with one attached hydrogen (secondary N) is 1. The Hall–Kier alpha value is -2.66. The van der Waals surface area contributed by atoms with Crippen molar-refractivity contribution in [2.75, 3.05) is 25.5 Å². The Kier molecular flexibility index (Phi) is 6.85. The molecule has 1 amide bonds. The Morgan fingerprint density at radius 2 is 1.83 bits per heavy atom. The summed E-state index contributed by atoms with van der Waals surface area (Å²) < 4.78 is 69.6. The Bertz CT molecular complexity index is 973. The minimum Gasteiger partial charge on any atom is -0.495 e. The predicted octanol–water partition coefficient (Wildman–Crippen LogP) is 3.39. The van der Waals surface area contributed by atoms with Crippen LogP contribution in [0.1, 0.15) is 29.9 Å². The van der Waals surface area contributed by atoms with E-state index in [-0.39, 0.29) is 35.1 Å². The maximum atomic E-state index is 12.7. The van der Waals surface area contributed by atoms with Gasteiger partial charge < -0.3 is 10.1 Å². The number of rotatable bonds is 7. The Balaban J connectivity index is 2.35. The fourth-order valence-electron chi connectivity index (χ4n) is 2.54. The molecular weight excluding hydrogens is 411 g/mol. The summed E-state index contributed by atoms with van der Waals surface area (Å²) in [6, 6.07) is 5.63. The Labute approximate surface area is 166 Å². The van der Waals surface area contributed by atoms with E-state index < -0.39 is 27.7 Å². The number of carbonyl (C=O) groups excluding carboxylic acids is 1. The molecule has 0 fully saturated rings. The van der Waals surface area contributed by atoms with E-state index in [2.05, 4.69) is 10.3 Å². The fraction of sp³-hybridized carbons (Fsp3) is 0.333. The topological polar surface area (TPSA) is 88.6 Å². The zero-order chi connectivity index (χ0) is 21.8. The van der Waals surface area contributed by atoms with E-state index in [1.54, 1.807) is 13.8 Å². The molecule has 0 radical (unpaired) electrons. The number of hydrogen-bond donors (Lipinski definition) is 1. The quantitative estimate of drug-likeness (QED) is 0.726. The summed E-state index contributed by atoms with van der Waals surface area (Å²) in [5.74, 6) is -0.627. The number of carbonyl (C=O) groups is 1. The molecule has 0 atom stereocenters. The van der Waals surface area contributed by atoms with E-state index in [1.807, 2.05) is 0 Å². The second-order valence-corrected chi connectivity index (χ2v) is 7.77. The van der Waals surface area contributed by atoms with Crippen LogP contribution in [0.3, 0.4) is 0 Å². The lowest BCUT2D eigenvalue weighted by atomic mass is 10.2. The highest BCUT2D eigenvalue weighted by Gasteiger charge is 2.31. The highest BCUT2D eigenvalue weighted by molar-refractivity contribution is 7.89. The van der Waals surface area contributed by atoms with Gasteiger partial charge in [-0.05, 0) is 30.3 Å². The molecule has 1 heterocycles. The number of anilines is 1. The lowest BCUT2D eigenvalue weighted by Crippen LogP contribution is -2.30. The Morgan fingerprint density at radius 3 is 2.31 bits per heavy atom. The number of ether oxygens (including phenoxy) is 1. The van der Waals surface area contributed by atoms with Crippen LogP contribution < -0.4 is 10.1 Å². The standard InChI is InChI=1S/C18H20F3N3O4S/c1-4-24(5-2)29(26,27)13-7-9-16(28-3)15(10-13)23-17(25)14-8-6-12(11-22-14)18(19,20)21/h6-11H,4-5H2,1-3H3,(H,23,25). The molecule has 7 nitrogen and oxygen atoms in total. The van der Waals surface area contributed by atoms with Crippen LogP contribution in [-0.4, -0.2) is 43.8 Å². The van der Waals surface area contributed by atoms with Gasteiger partial charge in [-0.3, -0.25) is 9.78 Å². The molecule has 0 aliphatic carbocycles. The molecule has 0 saturated carbocycles. The number of sulfonamides is 1. The first kappa shape index (κ1) is 22.6. The summed E-state index contributed by atoms with van der Waals surface area (Å²) in [6.45, 7) is 3.93. The monoisotopic (exact) mass is 431 g/mol. The van der Waals surface area contributed by atoms with Crippen LogP contribution in [0.5, 0.6) is 5.75 Å². The minimum absolute atomic E-state index is 0.0485. The van der Waals surface area contributed by atoms with Crippen molar-refractivity contribution >= 4 is 21.6 Å². The molecule has 2 rings (SSSR count). The molecule has 11 heteroatoms. The van der Waals surface area contributed by atoms with E-state index >= 15 is 0 Å². The van der Waals surface area contributed by atoms with Gasteiger partial charge in [-0.15, -0.1) is 0 Å². The van der Waals surface area contributed by atoms with Crippen molar-refractivity contribution in [3.63, 3.8) is 0 Å². The molecule has 29 heavy (non-hydrogen) atoms. The number of nitrogens with zero attached hydrogens (tertiary/aromatic N) is 2. The molecule has 0 aliphatic rings. The van der Waals surface area contributed by atoms with Gasteiger partial charge in [0.1, 0.15) is 11.4 Å². The van der Waals surface area contributed by atoms with Gasteiger partial charge in [-0.2, -0.15) is 17.5 Å². The van der Waals surface area contributed by atoms with Crippen molar-refractivity contribution in [1.82, 2.24) is 9.29 Å². The SMILES string of the molecule is CCN(CC)S(=O)(=O)c1ccc(OC)c(NC(=O)c2ccc(C(F)(F)F)cn2)c1. The molecule has 1 aromatic heterocycles. The molecule has 0 unspecified atom stereocenters. The first-order chi connectivity index (χ1) is 13.5. The van der Waals surface area contributed by atoms with Crippen LogP contribution in [0.25, 0.3) is 0 Å². The molecule has 158 valence electrons. The van der Waals surface area contributed by atoms with Gasteiger partial charge in [0.05, 0.1) is 23.3 Å². The number of halogens is 3. The summed E-state index contributed by atoms with van der Waals surface area (Å²) in [7, 11) is -2.45. The lowest BCUT2D eigenvalue weighted by molar-refractivity contribution is -0.137. The van der Waals surface area contributed by atoms with E-state index in [0.717, 1.165) is 12.1 Å². The van der Waals surface area contributed by atoms with Crippen LogP contribution in [-0.2, 0) is 16.2 Å². The van der Waals surface area contributed by atoms with Crippen LogP contribution in [0.2, 0.25) is 0 Å². The zero-order valence-corrected chi connectivity index (χ0v) is 16.8. The highest BCUT2D eigenvalue weighted by atomic mass is 32.2. The summed E-state index contributed by atoms with van der Waals surface area (Å²) in [6.07, 6.45) is -4.02. The smallest absolute Gasteiger partial charge is 0.417 e. The number of hydrogen-bond acceptors (Lipinski definition) is 5.